The van der Waals surface area contributed by atoms with E-state index < -0.39 is 16.2 Å². The van der Waals surface area contributed by atoms with Crippen LogP contribution < -0.4 is 5.56 Å². The Hall–Kier alpha value is -1.89. The number of aromatic nitrogens is 1. The molecule has 90 valence electrons. The fourth-order valence-corrected chi connectivity index (χ4v) is 1.50. The number of nitrogens with one attached hydrogen (secondary N) is 1. The summed E-state index contributed by atoms with van der Waals surface area (Å²) in [6.07, 6.45) is 4.69. The quantitative estimate of drug-likeness (QED) is 0.650. The summed E-state index contributed by atoms with van der Waals surface area (Å²) in [4.78, 5) is 33.7. The van der Waals surface area contributed by atoms with Crippen molar-refractivity contribution in [3.05, 3.63) is 44.4 Å². The third-order valence-corrected chi connectivity index (χ3v) is 2.56. The van der Waals surface area contributed by atoms with Crippen LogP contribution in [0.3, 0.4) is 0 Å². The summed E-state index contributed by atoms with van der Waals surface area (Å²) in [5, 5.41) is 10.5. The minimum atomic E-state index is -0.736. The highest BCUT2D eigenvalue weighted by Crippen LogP contribution is 2.09. The number of hydrogen-bond acceptors (Lipinski definition) is 5. The van der Waals surface area contributed by atoms with Gasteiger partial charge in [-0.2, -0.15) is 0 Å². The van der Waals surface area contributed by atoms with Crippen molar-refractivity contribution < 1.29 is 9.72 Å². The number of thioether (sulfide) groups is 1. The monoisotopic (exact) mass is 254 g/mol. The second kappa shape index (κ2) is 6.00. The molecule has 0 saturated heterocycles. The number of nitrogens with zero attached hydrogens (tertiary/aromatic N) is 1. The summed E-state index contributed by atoms with van der Waals surface area (Å²) in [5.41, 5.74) is -0.711. The highest BCUT2D eigenvalue weighted by atomic mass is 32.2. The Morgan fingerprint density at radius 3 is 2.94 bits per heavy atom. The molecule has 0 spiro atoms. The Morgan fingerprint density at radius 2 is 2.35 bits per heavy atom. The topological polar surface area (TPSA) is 93.1 Å². The number of H-pyrrole nitrogens is 1. The van der Waals surface area contributed by atoms with E-state index in [0.29, 0.717) is 11.3 Å². The van der Waals surface area contributed by atoms with Crippen LogP contribution in [0.4, 0.5) is 5.69 Å². The van der Waals surface area contributed by atoms with Crippen molar-refractivity contribution in [1.29, 1.82) is 0 Å². The second-order valence-corrected chi connectivity index (χ2v) is 4.31. The smallest absolute Gasteiger partial charge is 0.323 e. The standard InChI is InChI=1S/C10H10N2O4S/c1-7(13)17-4-2-3-8-5-9(12(15)16)10(14)11-6-8/h2-3,5-6H,4H2,1H3,(H,11,14). The van der Waals surface area contributed by atoms with E-state index in [9.17, 15) is 19.7 Å². The molecule has 0 aliphatic heterocycles. The Labute approximate surface area is 101 Å². The largest absolute Gasteiger partial charge is 0.334 e. The fraction of sp³-hybridized carbons (Fsp3) is 0.200. The van der Waals surface area contributed by atoms with Crippen molar-refractivity contribution in [1.82, 2.24) is 4.98 Å². The lowest BCUT2D eigenvalue weighted by atomic mass is 10.2. The van der Waals surface area contributed by atoms with Crippen LogP contribution in [0.25, 0.3) is 6.08 Å². The summed E-state index contributed by atoms with van der Waals surface area (Å²) < 4.78 is 0. The molecule has 1 aromatic heterocycles. The van der Waals surface area contributed by atoms with Crippen molar-refractivity contribution in [2.75, 3.05) is 5.75 Å². The van der Waals surface area contributed by atoms with Gasteiger partial charge in [0.2, 0.25) is 0 Å². The summed E-state index contributed by atoms with van der Waals surface area (Å²) in [6, 6.07) is 1.19. The molecule has 6 nitrogen and oxygen atoms in total. The van der Waals surface area contributed by atoms with E-state index in [1.807, 2.05) is 0 Å². The molecule has 17 heavy (non-hydrogen) atoms. The molecular formula is C10H10N2O4S. The number of hydrogen-bond donors (Lipinski definition) is 1. The first-order valence-electron chi connectivity index (χ1n) is 4.67. The predicted molar refractivity (Wildman–Crippen MR) is 65.9 cm³/mol. The van der Waals surface area contributed by atoms with Crippen molar-refractivity contribution >= 4 is 28.6 Å². The van der Waals surface area contributed by atoms with Crippen molar-refractivity contribution in [2.24, 2.45) is 0 Å². The Kier molecular flexibility index (Phi) is 4.65. The van der Waals surface area contributed by atoms with Crippen LogP contribution in [-0.2, 0) is 4.79 Å². The molecule has 1 heterocycles. The van der Waals surface area contributed by atoms with Crippen LogP contribution in [0.15, 0.2) is 23.1 Å². The lowest BCUT2D eigenvalue weighted by molar-refractivity contribution is -0.386. The van der Waals surface area contributed by atoms with Crippen LogP contribution in [0.1, 0.15) is 12.5 Å². The molecule has 0 amide bonds. The van der Waals surface area contributed by atoms with Gasteiger partial charge >= 0.3 is 11.2 Å². The average Bonchev–Trinajstić information content (AvgIpc) is 2.25. The SMILES string of the molecule is CC(=O)SCC=Cc1c[nH]c(=O)c([N+](=O)[O-])c1. The van der Waals surface area contributed by atoms with Gasteiger partial charge in [-0.05, 0) is 5.56 Å². The molecule has 0 bridgehead atoms. The van der Waals surface area contributed by atoms with Gasteiger partial charge in [0.1, 0.15) is 0 Å². The lowest BCUT2D eigenvalue weighted by Crippen LogP contribution is -2.10. The molecule has 7 heteroatoms. The maximum atomic E-state index is 11.1. The van der Waals surface area contributed by atoms with Gasteiger partial charge in [0.25, 0.3) is 0 Å². The van der Waals surface area contributed by atoms with Crippen LogP contribution in [0.5, 0.6) is 0 Å². The van der Waals surface area contributed by atoms with E-state index in [2.05, 4.69) is 4.98 Å². The molecule has 0 aliphatic carbocycles. The van der Waals surface area contributed by atoms with Crippen LogP contribution in [-0.4, -0.2) is 20.8 Å². The number of pyridine rings is 1. The van der Waals surface area contributed by atoms with E-state index in [0.717, 1.165) is 11.8 Å². The maximum Gasteiger partial charge on any atom is 0.334 e. The van der Waals surface area contributed by atoms with E-state index in [1.165, 1.54) is 19.2 Å². The van der Waals surface area contributed by atoms with Crippen LogP contribution >= 0.6 is 11.8 Å². The molecule has 0 fully saturated rings. The highest BCUT2D eigenvalue weighted by molar-refractivity contribution is 8.13. The first-order valence-corrected chi connectivity index (χ1v) is 5.66. The molecule has 0 atom stereocenters. The van der Waals surface area contributed by atoms with Gasteiger partial charge in [-0.1, -0.05) is 23.9 Å². The molecule has 1 N–H and O–H groups in total. The summed E-state index contributed by atoms with van der Waals surface area (Å²) >= 11 is 1.13. The van der Waals surface area contributed by atoms with Gasteiger partial charge in [-0.3, -0.25) is 19.7 Å². The zero-order chi connectivity index (χ0) is 12.8. The summed E-state index contributed by atoms with van der Waals surface area (Å²) in [7, 11) is 0. The molecule has 0 aliphatic rings. The number of rotatable bonds is 4. The molecule has 0 aromatic carbocycles. The van der Waals surface area contributed by atoms with E-state index in [-0.39, 0.29) is 5.12 Å². The molecule has 0 unspecified atom stereocenters. The Balaban J connectivity index is 2.79. The van der Waals surface area contributed by atoms with E-state index in [4.69, 9.17) is 0 Å². The van der Waals surface area contributed by atoms with Gasteiger partial charge in [0.05, 0.1) is 4.92 Å². The maximum absolute atomic E-state index is 11.1. The summed E-state index contributed by atoms with van der Waals surface area (Å²) in [5.74, 6) is 0.488. The van der Waals surface area contributed by atoms with E-state index in [1.54, 1.807) is 12.2 Å². The van der Waals surface area contributed by atoms with E-state index >= 15 is 0 Å². The molecular weight excluding hydrogens is 244 g/mol. The normalized spacial score (nSPS) is 10.6. The average molecular weight is 254 g/mol. The third-order valence-electron chi connectivity index (χ3n) is 1.80. The molecule has 1 aromatic rings. The van der Waals surface area contributed by atoms with Crippen molar-refractivity contribution in [3.8, 4) is 0 Å². The van der Waals surface area contributed by atoms with Gasteiger partial charge in [-0.25, -0.2) is 0 Å². The molecule has 0 saturated carbocycles. The first kappa shape index (κ1) is 13.2. The van der Waals surface area contributed by atoms with Gasteiger partial charge < -0.3 is 4.98 Å². The minimum Gasteiger partial charge on any atom is -0.323 e. The minimum absolute atomic E-state index is 0.00194. The number of carbonyl (C=O) groups is 1. The van der Waals surface area contributed by atoms with Crippen LogP contribution in [0, 0.1) is 10.1 Å². The van der Waals surface area contributed by atoms with Gasteiger partial charge in [0.15, 0.2) is 5.12 Å². The first-order chi connectivity index (χ1) is 8.00. The van der Waals surface area contributed by atoms with Crippen molar-refractivity contribution in [3.63, 3.8) is 0 Å². The Bertz CT molecular complexity index is 521. The van der Waals surface area contributed by atoms with Gasteiger partial charge in [-0.15, -0.1) is 0 Å². The lowest BCUT2D eigenvalue weighted by Gasteiger charge is -1.94. The molecule has 1 rings (SSSR count). The highest BCUT2D eigenvalue weighted by Gasteiger charge is 2.11. The number of aromatic amines is 1. The zero-order valence-corrected chi connectivity index (χ0v) is 9.82. The summed E-state index contributed by atoms with van der Waals surface area (Å²) in [6.45, 7) is 1.46. The predicted octanol–water partition coefficient (Wildman–Crippen LogP) is 1.58. The van der Waals surface area contributed by atoms with Gasteiger partial charge in [0, 0.05) is 24.9 Å². The second-order valence-electron chi connectivity index (χ2n) is 3.11. The molecule has 0 radical (unpaired) electrons. The number of nitro groups is 1. The Morgan fingerprint density at radius 1 is 1.65 bits per heavy atom. The van der Waals surface area contributed by atoms with Crippen molar-refractivity contribution in [2.45, 2.75) is 6.92 Å². The number of carbonyl (C=O) groups excluding carboxylic acids is 1. The van der Waals surface area contributed by atoms with Crippen LogP contribution in [0.2, 0.25) is 0 Å². The fourth-order valence-electron chi connectivity index (χ4n) is 1.07. The zero-order valence-electron chi connectivity index (χ0n) is 9.00. The third kappa shape index (κ3) is 4.23.